The Hall–Kier alpha value is -6.72. The number of hydrogen-bond acceptors (Lipinski definition) is 5. The fraction of sp³-hybridized carbons (Fsp3) is 0.0222. The second-order valence-corrected chi connectivity index (χ2v) is 12.2. The van der Waals surface area contributed by atoms with E-state index in [-0.39, 0.29) is 0 Å². The minimum absolute atomic E-state index is 0.381. The predicted molar refractivity (Wildman–Crippen MR) is 198 cm³/mol. The zero-order valence-electron chi connectivity index (χ0n) is 27.1. The number of anilines is 3. The number of para-hydroxylation sites is 2. The van der Waals surface area contributed by atoms with E-state index in [4.69, 9.17) is 19.1 Å². The highest BCUT2D eigenvalue weighted by atomic mass is 16.6. The lowest BCUT2D eigenvalue weighted by molar-refractivity contribution is 0.346. The molecule has 1 aliphatic carbocycles. The maximum Gasteiger partial charge on any atom is 0.290 e. The fourth-order valence-corrected chi connectivity index (χ4v) is 7.29. The first kappa shape index (κ1) is 29.4. The van der Waals surface area contributed by atoms with Gasteiger partial charge in [-0.25, -0.2) is 0 Å². The van der Waals surface area contributed by atoms with Gasteiger partial charge in [0.05, 0.1) is 16.8 Å². The number of furan rings is 1. The van der Waals surface area contributed by atoms with Gasteiger partial charge in [0.2, 0.25) is 0 Å². The smallest absolute Gasteiger partial charge is 0.290 e. The van der Waals surface area contributed by atoms with Gasteiger partial charge in [-0.05, 0) is 88.5 Å². The molecule has 0 amide bonds. The molecule has 0 unspecified atom stereocenters. The van der Waals surface area contributed by atoms with Crippen molar-refractivity contribution in [3.8, 4) is 34.1 Å². The number of pyridine rings is 2. The first-order valence-electron chi connectivity index (χ1n) is 16.6. The van der Waals surface area contributed by atoms with Gasteiger partial charge in [-0.3, -0.25) is 9.97 Å². The van der Waals surface area contributed by atoms with Crippen LogP contribution in [-0.2, 0) is 5.41 Å². The van der Waals surface area contributed by atoms with E-state index in [1.54, 1.807) is 6.26 Å². The number of rotatable bonds is 8. The van der Waals surface area contributed by atoms with Crippen molar-refractivity contribution in [3.05, 3.63) is 211 Å². The Bertz CT molecular complexity index is 2340. The molecule has 5 aromatic carbocycles. The molecule has 0 saturated carbocycles. The maximum atomic E-state index is 6.43. The van der Waals surface area contributed by atoms with Gasteiger partial charge in [0, 0.05) is 41.1 Å². The highest BCUT2D eigenvalue weighted by molar-refractivity contribution is 5.86. The number of hydrogen-bond donors (Lipinski definition) is 0. The summed E-state index contributed by atoms with van der Waals surface area (Å²) in [5.41, 5.74) is 10.9. The largest absolute Gasteiger partial charge is 0.433 e. The lowest BCUT2D eigenvalue weighted by Crippen LogP contribution is -2.29. The normalized spacial score (nSPS) is 12.6. The van der Waals surface area contributed by atoms with E-state index in [2.05, 4.69) is 108 Å². The van der Waals surface area contributed by atoms with Gasteiger partial charge in [0.15, 0.2) is 0 Å². The van der Waals surface area contributed by atoms with Crippen LogP contribution < -0.4 is 9.64 Å². The molecule has 0 atom stereocenters. The van der Waals surface area contributed by atoms with Crippen LogP contribution in [-0.4, -0.2) is 9.97 Å². The zero-order valence-corrected chi connectivity index (χ0v) is 27.1. The predicted octanol–water partition coefficient (Wildman–Crippen LogP) is 11.4. The monoisotopic (exact) mass is 645 g/mol. The molecule has 50 heavy (non-hydrogen) atoms. The van der Waals surface area contributed by atoms with Crippen LogP contribution in [0.4, 0.5) is 17.1 Å². The number of aromatic nitrogens is 2. The summed E-state index contributed by atoms with van der Waals surface area (Å²) >= 11 is 0. The molecule has 9 rings (SSSR count). The Morgan fingerprint density at radius 2 is 1.18 bits per heavy atom. The van der Waals surface area contributed by atoms with Crippen molar-refractivity contribution in [2.75, 3.05) is 4.90 Å². The van der Waals surface area contributed by atoms with Crippen LogP contribution in [0.5, 0.6) is 11.7 Å². The first-order chi connectivity index (χ1) is 24.8. The topological polar surface area (TPSA) is 51.4 Å². The Balaban J connectivity index is 1.07. The molecular formula is C45H31N3O2. The third kappa shape index (κ3) is 4.95. The van der Waals surface area contributed by atoms with E-state index < -0.39 is 5.41 Å². The van der Waals surface area contributed by atoms with Crippen molar-refractivity contribution < 1.29 is 9.15 Å². The Morgan fingerprint density at radius 1 is 0.520 bits per heavy atom. The summed E-state index contributed by atoms with van der Waals surface area (Å²) in [6.07, 6.45) is 5.39. The van der Waals surface area contributed by atoms with Gasteiger partial charge in [0.25, 0.3) is 5.95 Å². The summed E-state index contributed by atoms with van der Waals surface area (Å²) in [6, 6.07) is 58.3. The van der Waals surface area contributed by atoms with Crippen molar-refractivity contribution >= 4 is 17.1 Å². The molecule has 0 saturated heterocycles. The highest BCUT2D eigenvalue weighted by Gasteiger charge is 2.47. The zero-order chi connectivity index (χ0) is 33.3. The molecule has 3 aromatic heterocycles. The second-order valence-electron chi connectivity index (χ2n) is 12.2. The van der Waals surface area contributed by atoms with Gasteiger partial charge >= 0.3 is 0 Å². The van der Waals surface area contributed by atoms with Crippen LogP contribution in [0.3, 0.4) is 0 Å². The molecule has 0 spiro atoms. The third-order valence-electron chi connectivity index (χ3n) is 9.39. The van der Waals surface area contributed by atoms with Gasteiger partial charge in [-0.1, -0.05) is 103 Å². The van der Waals surface area contributed by atoms with E-state index in [1.807, 2.05) is 79.1 Å². The molecule has 0 aliphatic heterocycles. The first-order valence-corrected chi connectivity index (χ1v) is 16.6. The van der Waals surface area contributed by atoms with Crippen LogP contribution in [0.2, 0.25) is 0 Å². The molecule has 0 radical (unpaired) electrons. The standard InChI is InChI=1S/C45H31N3O2/c1-3-15-34(16-4-1)48(35-17-5-2-6-18-35)36-25-27-46-42(30-36)32-28-44(49-31-32)50-37-19-13-14-33(29-37)45(43-24-11-12-26-47-43)40-22-9-7-20-38(40)39-21-8-10-23-41(39)45/h1-31H. The Kier molecular flexibility index (Phi) is 7.29. The molecule has 5 nitrogen and oxygen atoms in total. The second kappa shape index (κ2) is 12.4. The van der Waals surface area contributed by atoms with Crippen molar-refractivity contribution in [2.24, 2.45) is 0 Å². The van der Waals surface area contributed by atoms with E-state index in [1.165, 1.54) is 22.3 Å². The van der Waals surface area contributed by atoms with Crippen molar-refractivity contribution in [1.29, 1.82) is 0 Å². The molecule has 3 heterocycles. The van der Waals surface area contributed by atoms with Gasteiger partial charge in [-0.2, -0.15) is 0 Å². The van der Waals surface area contributed by atoms with E-state index in [9.17, 15) is 0 Å². The Morgan fingerprint density at radius 3 is 1.86 bits per heavy atom. The van der Waals surface area contributed by atoms with Gasteiger partial charge < -0.3 is 14.1 Å². The summed E-state index contributed by atoms with van der Waals surface area (Å²) in [4.78, 5) is 11.9. The number of benzene rings is 5. The Labute approximate surface area is 290 Å². The van der Waals surface area contributed by atoms with Gasteiger partial charge in [-0.15, -0.1) is 0 Å². The van der Waals surface area contributed by atoms with Crippen LogP contribution >= 0.6 is 0 Å². The molecule has 0 N–H and O–H groups in total. The van der Waals surface area contributed by atoms with E-state index in [0.717, 1.165) is 39.6 Å². The number of nitrogens with zero attached hydrogens (tertiary/aromatic N) is 3. The molecule has 8 aromatic rings. The number of ether oxygens (including phenoxy) is 1. The van der Waals surface area contributed by atoms with Crippen LogP contribution in [0.25, 0.3) is 22.4 Å². The summed E-state index contributed by atoms with van der Waals surface area (Å²) in [5, 5.41) is 0. The van der Waals surface area contributed by atoms with Crippen molar-refractivity contribution in [3.63, 3.8) is 0 Å². The quantitative estimate of drug-likeness (QED) is 0.165. The lowest BCUT2D eigenvalue weighted by Gasteiger charge is -2.32. The minimum Gasteiger partial charge on any atom is -0.433 e. The molecule has 238 valence electrons. The van der Waals surface area contributed by atoms with Crippen LogP contribution in [0.15, 0.2) is 193 Å². The summed E-state index contributed by atoms with van der Waals surface area (Å²) in [7, 11) is 0. The maximum absolute atomic E-state index is 6.43. The lowest BCUT2D eigenvalue weighted by atomic mass is 9.70. The average Bonchev–Trinajstić information content (AvgIpc) is 3.78. The highest BCUT2D eigenvalue weighted by Crippen LogP contribution is 2.55. The van der Waals surface area contributed by atoms with Crippen molar-refractivity contribution in [1.82, 2.24) is 9.97 Å². The van der Waals surface area contributed by atoms with E-state index in [0.29, 0.717) is 11.7 Å². The summed E-state index contributed by atoms with van der Waals surface area (Å²) in [6.45, 7) is 0. The molecular weight excluding hydrogens is 615 g/mol. The molecule has 1 aliphatic rings. The summed E-state index contributed by atoms with van der Waals surface area (Å²) in [5.74, 6) is 1.05. The van der Waals surface area contributed by atoms with Gasteiger partial charge in [0.1, 0.15) is 12.0 Å². The molecule has 5 heteroatoms. The third-order valence-corrected chi connectivity index (χ3v) is 9.39. The van der Waals surface area contributed by atoms with Crippen LogP contribution in [0, 0.1) is 0 Å². The van der Waals surface area contributed by atoms with E-state index >= 15 is 0 Å². The van der Waals surface area contributed by atoms with Crippen LogP contribution in [0.1, 0.15) is 22.4 Å². The molecule has 0 bridgehead atoms. The fourth-order valence-electron chi connectivity index (χ4n) is 7.29. The van der Waals surface area contributed by atoms with Crippen molar-refractivity contribution in [2.45, 2.75) is 5.41 Å². The minimum atomic E-state index is -0.615. The molecule has 0 fully saturated rings. The average molecular weight is 646 g/mol. The SMILES string of the molecule is c1ccc(N(c2ccccc2)c2ccnc(-c3coc(Oc4cccc(C5(c6ccccn6)c6ccccc6-c6ccccc65)c4)c3)c2)cc1. The summed E-state index contributed by atoms with van der Waals surface area (Å²) < 4.78 is 12.4. The number of fused-ring (bicyclic) bond motifs is 3.